The van der Waals surface area contributed by atoms with Crippen molar-refractivity contribution >= 4 is 5.91 Å². The lowest BCUT2D eigenvalue weighted by Crippen LogP contribution is -2.46. The smallest absolute Gasteiger partial charge is 0.252 e. The summed E-state index contributed by atoms with van der Waals surface area (Å²) in [7, 11) is 0. The van der Waals surface area contributed by atoms with E-state index < -0.39 is 0 Å². The number of carbonyl (C=O) groups is 1. The third-order valence-electron chi connectivity index (χ3n) is 3.79. The summed E-state index contributed by atoms with van der Waals surface area (Å²) in [4.78, 5) is 18.4. The van der Waals surface area contributed by atoms with Crippen molar-refractivity contribution in [2.45, 2.75) is 32.7 Å². The second-order valence-electron chi connectivity index (χ2n) is 5.54. The summed E-state index contributed by atoms with van der Waals surface area (Å²) in [6.07, 6.45) is 5.87. The monoisotopic (exact) mass is 261 g/mol. The highest BCUT2D eigenvalue weighted by Gasteiger charge is 2.21. The Morgan fingerprint density at radius 3 is 3.16 bits per heavy atom. The first-order valence-corrected chi connectivity index (χ1v) is 7.09. The Bertz CT molecular complexity index is 407. The van der Waals surface area contributed by atoms with Crippen LogP contribution in [-0.4, -0.2) is 41.5 Å². The maximum atomic E-state index is 11.9. The molecular weight excluding hydrogens is 238 g/mol. The molecule has 2 heterocycles. The number of piperidine rings is 1. The first-order valence-electron chi connectivity index (χ1n) is 7.09. The molecule has 1 saturated heterocycles. The maximum Gasteiger partial charge on any atom is 0.252 e. The standard InChI is InChI=1S/C15H23N3O/c1-12-5-4-8-18(11-12)13(2)9-17-15(19)14-6-3-7-16-10-14/h3,6-7,10,12-13H,4-5,8-9,11H2,1-2H3,(H,17,19)/t12-,13+/m1/s1. The molecule has 0 aromatic carbocycles. The number of nitrogens with one attached hydrogen (secondary N) is 1. The molecule has 4 nitrogen and oxygen atoms in total. The first-order chi connectivity index (χ1) is 9.16. The molecular formula is C15H23N3O. The topological polar surface area (TPSA) is 45.2 Å². The fourth-order valence-corrected chi connectivity index (χ4v) is 2.59. The Morgan fingerprint density at radius 1 is 1.63 bits per heavy atom. The highest BCUT2D eigenvalue weighted by molar-refractivity contribution is 5.93. The van der Waals surface area contributed by atoms with E-state index in [0.29, 0.717) is 18.2 Å². The van der Waals surface area contributed by atoms with Crippen molar-refractivity contribution in [2.75, 3.05) is 19.6 Å². The second kappa shape index (κ2) is 6.66. The molecule has 1 aliphatic rings. The van der Waals surface area contributed by atoms with Crippen molar-refractivity contribution in [3.63, 3.8) is 0 Å². The van der Waals surface area contributed by atoms with E-state index in [0.717, 1.165) is 19.0 Å². The van der Waals surface area contributed by atoms with Gasteiger partial charge in [0.2, 0.25) is 0 Å². The summed E-state index contributed by atoms with van der Waals surface area (Å²) < 4.78 is 0. The highest BCUT2D eigenvalue weighted by atomic mass is 16.1. The summed E-state index contributed by atoms with van der Waals surface area (Å²) in [5, 5.41) is 2.99. The molecule has 0 unspecified atom stereocenters. The number of nitrogens with zero attached hydrogens (tertiary/aromatic N) is 2. The molecule has 0 aliphatic carbocycles. The zero-order valence-electron chi connectivity index (χ0n) is 11.8. The van der Waals surface area contributed by atoms with Gasteiger partial charge in [-0.3, -0.25) is 14.7 Å². The lowest BCUT2D eigenvalue weighted by molar-refractivity contribution is 0.0917. The molecule has 2 atom stereocenters. The van der Waals surface area contributed by atoms with Crippen molar-refractivity contribution in [1.82, 2.24) is 15.2 Å². The molecule has 4 heteroatoms. The van der Waals surface area contributed by atoms with Gasteiger partial charge in [-0.2, -0.15) is 0 Å². The van der Waals surface area contributed by atoms with Crippen LogP contribution in [0.4, 0.5) is 0 Å². The Balaban J connectivity index is 1.80. The van der Waals surface area contributed by atoms with Crippen LogP contribution in [0.1, 0.15) is 37.0 Å². The lowest BCUT2D eigenvalue weighted by atomic mass is 9.99. The van der Waals surface area contributed by atoms with E-state index in [9.17, 15) is 4.79 Å². The van der Waals surface area contributed by atoms with Gasteiger partial charge in [0.1, 0.15) is 0 Å². The molecule has 19 heavy (non-hydrogen) atoms. The zero-order chi connectivity index (χ0) is 13.7. The molecule has 0 radical (unpaired) electrons. The summed E-state index contributed by atoms with van der Waals surface area (Å²) in [6, 6.07) is 3.96. The van der Waals surface area contributed by atoms with E-state index >= 15 is 0 Å². The van der Waals surface area contributed by atoms with Crippen LogP contribution in [-0.2, 0) is 0 Å². The number of hydrogen-bond donors (Lipinski definition) is 1. The van der Waals surface area contributed by atoms with E-state index in [2.05, 4.69) is 29.0 Å². The largest absolute Gasteiger partial charge is 0.350 e. The molecule has 1 aromatic rings. The Kier molecular flexibility index (Phi) is 4.91. The van der Waals surface area contributed by atoms with Crippen molar-refractivity contribution in [3.05, 3.63) is 30.1 Å². The van der Waals surface area contributed by atoms with Crippen molar-refractivity contribution < 1.29 is 4.79 Å². The van der Waals surface area contributed by atoms with Crippen LogP contribution < -0.4 is 5.32 Å². The zero-order valence-corrected chi connectivity index (χ0v) is 11.8. The number of carbonyl (C=O) groups excluding carboxylic acids is 1. The van der Waals surface area contributed by atoms with Gasteiger partial charge in [0.05, 0.1) is 5.56 Å². The Hall–Kier alpha value is -1.42. The number of amides is 1. The van der Waals surface area contributed by atoms with E-state index in [1.54, 1.807) is 24.5 Å². The quantitative estimate of drug-likeness (QED) is 0.901. The average molecular weight is 261 g/mol. The van der Waals surface area contributed by atoms with Gasteiger partial charge in [-0.25, -0.2) is 0 Å². The van der Waals surface area contributed by atoms with Crippen molar-refractivity contribution in [1.29, 1.82) is 0 Å². The van der Waals surface area contributed by atoms with Gasteiger partial charge in [-0.05, 0) is 44.4 Å². The van der Waals surface area contributed by atoms with Gasteiger partial charge >= 0.3 is 0 Å². The predicted molar refractivity (Wildman–Crippen MR) is 76.0 cm³/mol. The van der Waals surface area contributed by atoms with E-state index in [1.165, 1.54) is 12.8 Å². The second-order valence-corrected chi connectivity index (χ2v) is 5.54. The Morgan fingerprint density at radius 2 is 2.47 bits per heavy atom. The van der Waals surface area contributed by atoms with Crippen LogP contribution in [0, 0.1) is 5.92 Å². The number of aromatic nitrogens is 1. The van der Waals surface area contributed by atoms with Crippen molar-refractivity contribution in [2.24, 2.45) is 5.92 Å². The normalized spacial score (nSPS) is 21.9. The highest BCUT2D eigenvalue weighted by Crippen LogP contribution is 2.17. The van der Waals surface area contributed by atoms with Crippen LogP contribution >= 0.6 is 0 Å². The number of pyridine rings is 1. The van der Waals surface area contributed by atoms with Gasteiger partial charge in [0.25, 0.3) is 5.91 Å². The summed E-state index contributed by atoms with van der Waals surface area (Å²) >= 11 is 0. The number of likely N-dealkylation sites (tertiary alicyclic amines) is 1. The van der Waals surface area contributed by atoms with Gasteiger partial charge in [0, 0.05) is 31.5 Å². The van der Waals surface area contributed by atoms with Gasteiger partial charge < -0.3 is 5.32 Å². The summed E-state index contributed by atoms with van der Waals surface area (Å²) in [5.74, 6) is 0.732. The maximum absolute atomic E-state index is 11.9. The Labute approximate surface area is 115 Å². The third kappa shape index (κ3) is 4.03. The molecule has 1 aliphatic heterocycles. The molecule has 0 saturated carbocycles. The average Bonchev–Trinajstić information content (AvgIpc) is 2.45. The fourth-order valence-electron chi connectivity index (χ4n) is 2.59. The first kappa shape index (κ1) is 14.0. The molecule has 0 spiro atoms. The lowest BCUT2D eigenvalue weighted by Gasteiger charge is -2.35. The molecule has 104 valence electrons. The van der Waals surface area contributed by atoms with Crippen LogP contribution in [0.5, 0.6) is 0 Å². The van der Waals surface area contributed by atoms with Gasteiger partial charge in [-0.1, -0.05) is 6.92 Å². The number of hydrogen-bond acceptors (Lipinski definition) is 3. The SMILES string of the molecule is C[C@@H]1CCCN([C@@H](C)CNC(=O)c2cccnc2)C1. The van der Waals surface area contributed by atoms with E-state index in [-0.39, 0.29) is 5.91 Å². The molecule has 1 N–H and O–H groups in total. The minimum Gasteiger partial charge on any atom is -0.350 e. The molecule has 1 aromatic heterocycles. The van der Waals surface area contributed by atoms with Crippen LogP contribution in [0.15, 0.2) is 24.5 Å². The third-order valence-corrected chi connectivity index (χ3v) is 3.79. The molecule has 1 fully saturated rings. The molecule has 1 amide bonds. The molecule has 2 rings (SSSR count). The fraction of sp³-hybridized carbons (Fsp3) is 0.600. The molecule has 0 bridgehead atoms. The van der Waals surface area contributed by atoms with Crippen LogP contribution in [0.2, 0.25) is 0 Å². The number of rotatable bonds is 4. The van der Waals surface area contributed by atoms with Gasteiger partial charge in [0.15, 0.2) is 0 Å². The minimum atomic E-state index is -0.0370. The summed E-state index contributed by atoms with van der Waals surface area (Å²) in [6.45, 7) is 7.47. The van der Waals surface area contributed by atoms with Gasteiger partial charge in [-0.15, -0.1) is 0 Å². The van der Waals surface area contributed by atoms with Crippen molar-refractivity contribution in [3.8, 4) is 0 Å². The van der Waals surface area contributed by atoms with E-state index in [1.807, 2.05) is 0 Å². The predicted octanol–water partition coefficient (Wildman–Crippen LogP) is 1.93. The van der Waals surface area contributed by atoms with E-state index in [4.69, 9.17) is 0 Å². The summed E-state index contributed by atoms with van der Waals surface area (Å²) in [5.41, 5.74) is 0.627. The van der Waals surface area contributed by atoms with Crippen LogP contribution in [0.25, 0.3) is 0 Å². The van der Waals surface area contributed by atoms with Crippen LogP contribution in [0.3, 0.4) is 0 Å². The minimum absolute atomic E-state index is 0.0370.